The van der Waals surface area contributed by atoms with Crippen LogP contribution in [0.3, 0.4) is 0 Å². The van der Waals surface area contributed by atoms with Gasteiger partial charge in [0.15, 0.2) is 0 Å². The zero-order chi connectivity index (χ0) is 11.6. The van der Waals surface area contributed by atoms with Crippen molar-refractivity contribution < 1.29 is 23.5 Å². The Labute approximate surface area is 92.3 Å². The van der Waals surface area contributed by atoms with E-state index >= 15 is 0 Å². The van der Waals surface area contributed by atoms with Crippen molar-refractivity contribution in [3.8, 4) is 0 Å². The highest BCUT2D eigenvalue weighted by Crippen LogP contribution is 2.17. The van der Waals surface area contributed by atoms with Gasteiger partial charge in [0.1, 0.15) is 0 Å². The average molecular weight is 238 g/mol. The van der Waals surface area contributed by atoms with E-state index in [-0.39, 0.29) is 26.4 Å². The van der Waals surface area contributed by atoms with Crippen molar-refractivity contribution in [1.29, 1.82) is 0 Å². The van der Waals surface area contributed by atoms with E-state index < -0.39 is 8.80 Å². The standard InChI is InChI=1S/C9H22O5Si/c1-3-9-15(12-4-2,13-7-5-10)14-8-6-11/h10-11H,3-9H2,1-2H3. The molecule has 0 rings (SSSR count). The number of hydrogen-bond donors (Lipinski definition) is 2. The van der Waals surface area contributed by atoms with Crippen molar-refractivity contribution in [3.05, 3.63) is 0 Å². The maximum Gasteiger partial charge on any atom is 0.501 e. The van der Waals surface area contributed by atoms with Gasteiger partial charge in [-0.2, -0.15) is 0 Å². The Morgan fingerprint density at radius 2 is 1.47 bits per heavy atom. The summed E-state index contributed by atoms with van der Waals surface area (Å²) in [5, 5.41) is 17.5. The zero-order valence-corrected chi connectivity index (χ0v) is 10.6. The highest BCUT2D eigenvalue weighted by Gasteiger charge is 2.39. The molecule has 0 heterocycles. The second kappa shape index (κ2) is 9.26. The molecule has 5 nitrogen and oxygen atoms in total. The Balaban J connectivity index is 4.26. The third-order valence-electron chi connectivity index (χ3n) is 1.75. The molecule has 0 radical (unpaired) electrons. The topological polar surface area (TPSA) is 68.2 Å². The van der Waals surface area contributed by atoms with Crippen molar-refractivity contribution in [1.82, 2.24) is 0 Å². The van der Waals surface area contributed by atoms with Gasteiger partial charge in [-0.3, -0.25) is 0 Å². The van der Waals surface area contributed by atoms with Gasteiger partial charge in [-0.15, -0.1) is 0 Å². The van der Waals surface area contributed by atoms with Gasteiger partial charge in [0, 0.05) is 12.7 Å². The molecule has 6 heteroatoms. The monoisotopic (exact) mass is 238 g/mol. The second-order valence-corrected chi connectivity index (χ2v) is 5.74. The number of aliphatic hydroxyl groups is 2. The zero-order valence-electron chi connectivity index (χ0n) is 9.57. The first-order valence-electron chi connectivity index (χ1n) is 5.38. The van der Waals surface area contributed by atoms with Crippen LogP contribution in [0, 0.1) is 0 Å². The third kappa shape index (κ3) is 6.24. The van der Waals surface area contributed by atoms with Crippen LogP contribution in [0.5, 0.6) is 0 Å². The molecular weight excluding hydrogens is 216 g/mol. The van der Waals surface area contributed by atoms with E-state index in [0.29, 0.717) is 12.7 Å². The predicted molar refractivity (Wildman–Crippen MR) is 58.6 cm³/mol. The lowest BCUT2D eigenvalue weighted by Gasteiger charge is -2.28. The molecular formula is C9H22O5Si. The summed E-state index contributed by atoms with van der Waals surface area (Å²) in [6.07, 6.45) is 0.892. The molecule has 0 aliphatic heterocycles. The lowest BCUT2D eigenvalue weighted by Crippen LogP contribution is -2.47. The average Bonchev–Trinajstić information content (AvgIpc) is 2.24. The summed E-state index contributed by atoms with van der Waals surface area (Å²) in [5.74, 6) is 0. The number of aliphatic hydroxyl groups excluding tert-OH is 2. The second-order valence-electron chi connectivity index (χ2n) is 3.01. The summed E-state index contributed by atoms with van der Waals surface area (Å²) in [6, 6.07) is 0.709. The van der Waals surface area contributed by atoms with E-state index in [9.17, 15) is 0 Å². The van der Waals surface area contributed by atoms with Crippen molar-refractivity contribution in [2.24, 2.45) is 0 Å². The smallest absolute Gasteiger partial charge is 0.394 e. The fourth-order valence-corrected chi connectivity index (χ4v) is 3.81. The van der Waals surface area contributed by atoms with Crippen LogP contribution in [0.4, 0.5) is 0 Å². The van der Waals surface area contributed by atoms with Crippen molar-refractivity contribution in [2.45, 2.75) is 26.3 Å². The Hall–Kier alpha value is 0.0169. The molecule has 0 bridgehead atoms. The van der Waals surface area contributed by atoms with Gasteiger partial charge < -0.3 is 23.5 Å². The molecule has 0 spiro atoms. The fraction of sp³-hybridized carbons (Fsp3) is 1.00. The molecule has 0 saturated carbocycles. The molecule has 0 unspecified atom stereocenters. The van der Waals surface area contributed by atoms with E-state index in [4.69, 9.17) is 23.5 Å². The van der Waals surface area contributed by atoms with E-state index in [0.717, 1.165) is 6.42 Å². The Kier molecular flexibility index (Phi) is 9.27. The van der Waals surface area contributed by atoms with Crippen molar-refractivity contribution in [3.63, 3.8) is 0 Å². The van der Waals surface area contributed by atoms with Gasteiger partial charge in [0.2, 0.25) is 0 Å². The Bertz CT molecular complexity index is 128. The molecule has 0 saturated heterocycles. The van der Waals surface area contributed by atoms with Gasteiger partial charge in [-0.05, 0) is 6.92 Å². The molecule has 0 aromatic heterocycles. The third-order valence-corrected chi connectivity index (χ3v) is 4.88. The van der Waals surface area contributed by atoms with Crippen LogP contribution in [-0.4, -0.2) is 52.1 Å². The highest BCUT2D eigenvalue weighted by atomic mass is 28.4. The van der Waals surface area contributed by atoms with E-state index in [1.165, 1.54) is 0 Å². The summed E-state index contributed by atoms with van der Waals surface area (Å²) >= 11 is 0. The fourth-order valence-electron chi connectivity index (χ4n) is 1.27. The molecule has 0 amide bonds. The van der Waals surface area contributed by atoms with Crippen LogP contribution in [0.15, 0.2) is 0 Å². The van der Waals surface area contributed by atoms with Crippen LogP contribution >= 0.6 is 0 Å². The van der Waals surface area contributed by atoms with Crippen molar-refractivity contribution >= 4 is 8.80 Å². The van der Waals surface area contributed by atoms with Crippen LogP contribution < -0.4 is 0 Å². The van der Waals surface area contributed by atoms with E-state index in [1.807, 2.05) is 13.8 Å². The van der Waals surface area contributed by atoms with E-state index in [2.05, 4.69) is 0 Å². The Morgan fingerprint density at radius 1 is 0.933 bits per heavy atom. The highest BCUT2D eigenvalue weighted by molar-refractivity contribution is 6.60. The Morgan fingerprint density at radius 3 is 1.80 bits per heavy atom. The van der Waals surface area contributed by atoms with Gasteiger partial charge in [0.05, 0.1) is 26.4 Å². The van der Waals surface area contributed by atoms with Crippen LogP contribution in [0.25, 0.3) is 0 Å². The molecule has 0 fully saturated rings. The molecule has 15 heavy (non-hydrogen) atoms. The molecule has 2 N–H and O–H groups in total. The minimum Gasteiger partial charge on any atom is -0.394 e. The molecule has 0 aliphatic carbocycles. The maximum absolute atomic E-state index is 8.73. The molecule has 0 aliphatic rings. The van der Waals surface area contributed by atoms with Crippen molar-refractivity contribution in [2.75, 3.05) is 33.0 Å². The molecule has 0 aromatic rings. The lowest BCUT2D eigenvalue weighted by molar-refractivity contribution is 0.0394. The molecule has 92 valence electrons. The summed E-state index contributed by atoms with van der Waals surface area (Å²) in [6.45, 7) is 4.76. The normalized spacial score (nSPS) is 12.0. The first-order chi connectivity index (χ1) is 7.24. The SMILES string of the molecule is CCC[Si](OCC)(OCCO)OCCO. The maximum atomic E-state index is 8.73. The molecule has 0 atom stereocenters. The van der Waals surface area contributed by atoms with Crippen LogP contribution in [0.2, 0.25) is 6.04 Å². The van der Waals surface area contributed by atoms with Gasteiger partial charge >= 0.3 is 8.80 Å². The van der Waals surface area contributed by atoms with Crippen LogP contribution in [-0.2, 0) is 13.3 Å². The number of rotatable bonds is 10. The first kappa shape index (κ1) is 15.0. The van der Waals surface area contributed by atoms with E-state index in [1.54, 1.807) is 0 Å². The van der Waals surface area contributed by atoms with Gasteiger partial charge in [0.25, 0.3) is 0 Å². The van der Waals surface area contributed by atoms with Gasteiger partial charge in [-0.25, -0.2) is 0 Å². The predicted octanol–water partition coefficient (Wildman–Crippen LogP) is 0.390. The summed E-state index contributed by atoms with van der Waals surface area (Å²) in [5.41, 5.74) is 0. The first-order valence-corrected chi connectivity index (χ1v) is 7.31. The van der Waals surface area contributed by atoms with Crippen LogP contribution in [0.1, 0.15) is 20.3 Å². The quantitative estimate of drug-likeness (QED) is 0.539. The summed E-state index contributed by atoms with van der Waals surface area (Å²) < 4.78 is 16.5. The largest absolute Gasteiger partial charge is 0.501 e. The lowest BCUT2D eigenvalue weighted by atomic mass is 10.6. The minimum atomic E-state index is -2.66. The van der Waals surface area contributed by atoms with Gasteiger partial charge in [-0.1, -0.05) is 13.3 Å². The molecule has 0 aromatic carbocycles. The summed E-state index contributed by atoms with van der Waals surface area (Å²) in [7, 11) is -2.66. The minimum absolute atomic E-state index is 0.0476. The summed E-state index contributed by atoms with van der Waals surface area (Å²) in [4.78, 5) is 0. The number of hydrogen-bond acceptors (Lipinski definition) is 5.